The van der Waals surface area contributed by atoms with Crippen molar-refractivity contribution in [3.8, 4) is 0 Å². The normalized spacial score (nSPS) is 16.4. The van der Waals surface area contributed by atoms with Gasteiger partial charge >= 0.3 is 0 Å². The van der Waals surface area contributed by atoms with Crippen LogP contribution < -0.4 is 10.6 Å². The zero-order chi connectivity index (χ0) is 19.8. The maximum atomic E-state index is 11.9. The molecule has 1 amide bonds. The Bertz CT molecular complexity index is 622. The summed E-state index contributed by atoms with van der Waals surface area (Å²) in [6, 6.07) is 9.11. The lowest BCUT2D eigenvalue weighted by molar-refractivity contribution is -0.127. The topological polar surface area (TPSA) is 60.0 Å². The van der Waals surface area contributed by atoms with E-state index in [1.165, 1.54) is 0 Å². The summed E-state index contributed by atoms with van der Waals surface area (Å²) in [5, 5.41) is 6.71. The molecule has 2 N–H and O–H groups in total. The van der Waals surface area contributed by atoms with Gasteiger partial charge in [-0.1, -0.05) is 28.1 Å². The zero-order valence-electron chi connectivity index (χ0n) is 16.8. The first-order chi connectivity index (χ1) is 12.8. The Balaban J connectivity index is 1.97. The van der Waals surface area contributed by atoms with E-state index in [9.17, 15) is 4.79 Å². The molecule has 0 atom stereocenters. The molecule has 1 fully saturated rings. The average molecular weight is 438 g/mol. The number of piperidine rings is 1. The van der Waals surface area contributed by atoms with Crippen LogP contribution in [0.5, 0.6) is 0 Å². The van der Waals surface area contributed by atoms with Gasteiger partial charge < -0.3 is 20.4 Å². The van der Waals surface area contributed by atoms with Crippen LogP contribution in [0.15, 0.2) is 33.7 Å². The highest BCUT2D eigenvalue weighted by Gasteiger charge is 2.21. The zero-order valence-corrected chi connectivity index (χ0v) is 18.4. The summed E-state index contributed by atoms with van der Waals surface area (Å²) < 4.78 is 1.06. The molecule has 1 aliphatic rings. The van der Waals surface area contributed by atoms with Gasteiger partial charge in [-0.15, -0.1) is 0 Å². The van der Waals surface area contributed by atoms with Gasteiger partial charge in [-0.2, -0.15) is 0 Å². The van der Waals surface area contributed by atoms with Gasteiger partial charge in [0, 0.05) is 43.7 Å². The number of rotatable bonds is 6. The van der Waals surface area contributed by atoms with Crippen molar-refractivity contribution in [1.29, 1.82) is 0 Å². The van der Waals surface area contributed by atoms with E-state index in [2.05, 4.69) is 57.4 Å². The minimum atomic E-state index is 0.0303. The molecule has 1 aromatic carbocycles. The number of guanidine groups is 1. The van der Waals surface area contributed by atoms with Gasteiger partial charge in [0.05, 0.1) is 13.1 Å². The molecular weight excluding hydrogens is 406 g/mol. The quantitative estimate of drug-likeness (QED) is 0.529. The summed E-state index contributed by atoms with van der Waals surface area (Å²) in [4.78, 5) is 20.7. The van der Waals surface area contributed by atoms with Crippen molar-refractivity contribution in [3.63, 3.8) is 0 Å². The molecule has 150 valence electrons. The fraction of sp³-hybridized carbons (Fsp3) is 0.600. The van der Waals surface area contributed by atoms with Crippen molar-refractivity contribution >= 4 is 27.8 Å². The Kier molecular flexibility index (Phi) is 8.57. The van der Waals surface area contributed by atoms with Crippen LogP contribution in [0.25, 0.3) is 0 Å². The number of hydrogen-bond acceptors (Lipinski definition) is 3. The van der Waals surface area contributed by atoms with E-state index in [1.54, 1.807) is 19.0 Å². The minimum absolute atomic E-state index is 0.0303. The van der Waals surface area contributed by atoms with Crippen molar-refractivity contribution in [2.75, 3.05) is 33.7 Å². The lowest BCUT2D eigenvalue weighted by Crippen LogP contribution is -2.51. The molecule has 2 rings (SSSR count). The molecule has 1 heterocycles. The highest BCUT2D eigenvalue weighted by atomic mass is 79.9. The van der Waals surface area contributed by atoms with E-state index in [-0.39, 0.29) is 12.5 Å². The van der Waals surface area contributed by atoms with Crippen LogP contribution in [-0.4, -0.2) is 67.5 Å². The molecule has 1 saturated heterocycles. The van der Waals surface area contributed by atoms with Crippen LogP contribution >= 0.6 is 15.9 Å². The second-order valence-corrected chi connectivity index (χ2v) is 8.40. The molecule has 0 bridgehead atoms. The minimum Gasteiger partial charge on any atom is -0.354 e. The number of carbonyl (C=O) groups is 1. The molecule has 0 unspecified atom stereocenters. The molecule has 0 spiro atoms. The van der Waals surface area contributed by atoms with Gasteiger partial charge in [0.1, 0.15) is 0 Å². The maximum absolute atomic E-state index is 11.9. The highest BCUT2D eigenvalue weighted by molar-refractivity contribution is 9.10. The van der Waals surface area contributed by atoms with Gasteiger partial charge in [0.15, 0.2) is 5.96 Å². The Labute approximate surface area is 171 Å². The number of likely N-dealkylation sites (N-methyl/N-ethyl adjacent to an activating group) is 1. The van der Waals surface area contributed by atoms with Crippen molar-refractivity contribution in [2.45, 2.75) is 45.3 Å². The second-order valence-electron chi connectivity index (χ2n) is 7.48. The average Bonchev–Trinajstić information content (AvgIpc) is 2.65. The number of aliphatic imine (C=N–C) groups is 1. The fourth-order valence-electron chi connectivity index (χ4n) is 2.98. The highest BCUT2D eigenvalue weighted by Crippen LogP contribution is 2.13. The number of hydrogen-bond donors (Lipinski definition) is 2. The van der Waals surface area contributed by atoms with E-state index in [4.69, 9.17) is 4.99 Å². The lowest BCUT2D eigenvalue weighted by atomic mass is 10.0. The number of amides is 1. The smallest absolute Gasteiger partial charge is 0.241 e. The third-order valence-electron chi connectivity index (χ3n) is 4.84. The molecule has 0 aliphatic carbocycles. The summed E-state index contributed by atoms with van der Waals surface area (Å²) in [5.74, 6) is 0.735. The summed E-state index contributed by atoms with van der Waals surface area (Å²) in [5.41, 5.74) is 1.13. The molecule has 0 saturated carbocycles. The monoisotopic (exact) mass is 437 g/mol. The van der Waals surface area contributed by atoms with E-state index < -0.39 is 0 Å². The standard InChI is InChI=1S/C20H32BrN5O/c1-15(2)26-11-9-18(10-12-26)24-20(23-14-19(27)25(3)4)22-13-16-5-7-17(21)8-6-16/h5-8,15,18H,9-14H2,1-4H3,(H2,22,23,24). The van der Waals surface area contributed by atoms with Crippen molar-refractivity contribution in [2.24, 2.45) is 4.99 Å². The van der Waals surface area contributed by atoms with Crippen LogP contribution in [0, 0.1) is 0 Å². The summed E-state index contributed by atoms with van der Waals surface area (Å²) in [6.45, 7) is 7.48. The van der Waals surface area contributed by atoms with Gasteiger partial charge in [-0.05, 0) is 44.4 Å². The Morgan fingerprint density at radius 3 is 2.44 bits per heavy atom. The van der Waals surface area contributed by atoms with E-state index in [0.29, 0.717) is 24.6 Å². The molecule has 1 aliphatic heterocycles. The molecule has 1 aromatic rings. The Morgan fingerprint density at radius 1 is 1.26 bits per heavy atom. The summed E-state index contributed by atoms with van der Waals surface area (Å²) in [7, 11) is 3.52. The fourth-order valence-corrected chi connectivity index (χ4v) is 3.25. The van der Waals surface area contributed by atoms with Crippen LogP contribution in [-0.2, 0) is 11.3 Å². The van der Waals surface area contributed by atoms with Gasteiger partial charge in [0.2, 0.25) is 5.91 Å². The van der Waals surface area contributed by atoms with Crippen molar-refractivity contribution < 1.29 is 4.79 Å². The molecule has 0 aromatic heterocycles. The SMILES string of the molecule is CC(C)N1CCC(NC(=NCc2ccc(Br)cc2)NCC(=O)N(C)C)CC1. The van der Waals surface area contributed by atoms with Gasteiger partial charge in [-0.25, -0.2) is 4.99 Å². The van der Waals surface area contributed by atoms with Crippen molar-refractivity contribution in [3.05, 3.63) is 34.3 Å². The molecular formula is C20H32BrN5O. The summed E-state index contributed by atoms with van der Waals surface area (Å²) >= 11 is 3.45. The molecule has 7 heteroatoms. The largest absolute Gasteiger partial charge is 0.354 e. The number of nitrogens with zero attached hydrogens (tertiary/aromatic N) is 3. The third-order valence-corrected chi connectivity index (χ3v) is 5.37. The van der Waals surface area contributed by atoms with E-state index >= 15 is 0 Å². The van der Waals surface area contributed by atoms with Gasteiger partial charge in [-0.3, -0.25) is 4.79 Å². The molecule has 27 heavy (non-hydrogen) atoms. The first-order valence-electron chi connectivity index (χ1n) is 9.58. The van der Waals surface area contributed by atoms with Gasteiger partial charge in [0.25, 0.3) is 0 Å². The second kappa shape index (κ2) is 10.7. The van der Waals surface area contributed by atoms with Crippen LogP contribution in [0.1, 0.15) is 32.3 Å². The van der Waals surface area contributed by atoms with E-state index in [1.807, 2.05) is 12.1 Å². The Morgan fingerprint density at radius 2 is 1.89 bits per heavy atom. The lowest BCUT2D eigenvalue weighted by Gasteiger charge is -2.35. The van der Waals surface area contributed by atoms with Crippen molar-refractivity contribution in [1.82, 2.24) is 20.4 Å². The van der Waals surface area contributed by atoms with Crippen LogP contribution in [0.2, 0.25) is 0 Å². The van der Waals surface area contributed by atoms with Crippen LogP contribution in [0.3, 0.4) is 0 Å². The first-order valence-corrected chi connectivity index (χ1v) is 10.4. The number of nitrogens with one attached hydrogen (secondary N) is 2. The summed E-state index contributed by atoms with van der Waals surface area (Å²) in [6.07, 6.45) is 2.16. The first kappa shape index (κ1) is 21.7. The number of halogens is 1. The Hall–Kier alpha value is -1.60. The van der Waals surface area contributed by atoms with Crippen LogP contribution in [0.4, 0.5) is 0 Å². The van der Waals surface area contributed by atoms with E-state index in [0.717, 1.165) is 36.0 Å². The molecule has 6 nitrogen and oxygen atoms in total. The third kappa shape index (κ3) is 7.50. The number of benzene rings is 1. The molecule has 0 radical (unpaired) electrons. The number of likely N-dealkylation sites (tertiary alicyclic amines) is 1. The predicted octanol–water partition coefficient (Wildman–Crippen LogP) is 2.45. The number of carbonyl (C=O) groups excluding carboxylic acids is 1. The maximum Gasteiger partial charge on any atom is 0.241 e. The predicted molar refractivity (Wildman–Crippen MR) is 115 cm³/mol.